The van der Waals surface area contributed by atoms with Gasteiger partial charge in [-0.05, 0) is 58.1 Å². The highest BCUT2D eigenvalue weighted by Crippen LogP contribution is 2.58. The first-order chi connectivity index (χ1) is 28.1. The van der Waals surface area contributed by atoms with Crippen LogP contribution in [0.4, 0.5) is 0 Å². The van der Waals surface area contributed by atoms with Gasteiger partial charge in [0.1, 0.15) is 0 Å². The van der Waals surface area contributed by atoms with E-state index in [9.17, 15) is 0 Å². The number of rotatable bonds is 4. The second kappa shape index (κ2) is 11.8. The van der Waals surface area contributed by atoms with Crippen molar-refractivity contribution in [2.24, 2.45) is 0 Å². The Morgan fingerprint density at radius 2 is 1.00 bits per heavy atom. The smallest absolute Gasteiger partial charge is 0.235 e. The van der Waals surface area contributed by atoms with Crippen LogP contribution in [0.15, 0.2) is 182 Å². The molecular formula is C53H36N4. The van der Waals surface area contributed by atoms with Crippen LogP contribution in [-0.2, 0) is 5.41 Å². The van der Waals surface area contributed by atoms with Crippen LogP contribution < -0.4 is 0 Å². The molecule has 4 nitrogen and oxygen atoms in total. The molecule has 0 N–H and O–H groups in total. The summed E-state index contributed by atoms with van der Waals surface area (Å²) in [5, 5.41) is 5.90. The van der Waals surface area contributed by atoms with Crippen molar-refractivity contribution in [3.63, 3.8) is 0 Å². The van der Waals surface area contributed by atoms with Crippen molar-refractivity contribution in [1.82, 2.24) is 19.1 Å². The molecule has 12 rings (SSSR count). The zero-order chi connectivity index (χ0) is 37.8. The lowest BCUT2D eigenvalue weighted by molar-refractivity contribution is 0.667. The van der Waals surface area contributed by atoms with E-state index in [1.807, 2.05) is 0 Å². The zero-order valence-electron chi connectivity index (χ0n) is 31.6. The Hall–Kier alpha value is -7.30. The van der Waals surface area contributed by atoms with Gasteiger partial charge in [-0.25, -0.2) is 9.97 Å². The standard InChI is InChI=1S/C53H36N4/c1-53(2)41-25-13-9-21-37(41)45-48(53)46-39-23-11-16-28-44(39)57(51(46)47-40-24-12-15-27-43(40)56(50(45)47)36-19-7-4-8-20-36)52-54-42-26-14-10-22-38(42)49(55-52)35-31-29-34(30-32-35)33-17-5-3-6-18-33/h3-32H,1-2H3. The fraction of sp³-hybridized carbons (Fsp3) is 0.0566. The first-order valence-corrected chi connectivity index (χ1v) is 19.7. The van der Waals surface area contributed by atoms with E-state index in [1.165, 1.54) is 66.0 Å². The van der Waals surface area contributed by atoms with E-state index in [0.29, 0.717) is 5.95 Å². The normalized spacial score (nSPS) is 13.2. The third-order valence-corrected chi connectivity index (χ3v) is 12.3. The van der Waals surface area contributed by atoms with Crippen LogP contribution in [-0.4, -0.2) is 19.1 Å². The minimum atomic E-state index is -0.277. The maximum absolute atomic E-state index is 5.58. The summed E-state index contributed by atoms with van der Waals surface area (Å²) in [7, 11) is 0. The Labute approximate surface area is 329 Å². The second-order valence-electron chi connectivity index (χ2n) is 15.7. The van der Waals surface area contributed by atoms with Crippen molar-refractivity contribution in [2.45, 2.75) is 19.3 Å². The first-order valence-electron chi connectivity index (χ1n) is 19.7. The highest BCUT2D eigenvalue weighted by Gasteiger charge is 2.41. The quantitative estimate of drug-likeness (QED) is 0.181. The van der Waals surface area contributed by atoms with Crippen molar-refractivity contribution >= 4 is 54.5 Å². The molecule has 3 aromatic heterocycles. The lowest BCUT2D eigenvalue weighted by Crippen LogP contribution is -2.15. The highest BCUT2D eigenvalue weighted by atomic mass is 15.2. The Balaban J connectivity index is 1.27. The van der Waals surface area contributed by atoms with Crippen molar-refractivity contribution < 1.29 is 0 Å². The van der Waals surface area contributed by atoms with Gasteiger partial charge >= 0.3 is 0 Å². The molecule has 0 spiro atoms. The molecule has 0 atom stereocenters. The Bertz CT molecular complexity index is 3410. The summed E-state index contributed by atoms with van der Waals surface area (Å²) in [6, 6.07) is 65.3. The SMILES string of the molecule is CC1(C)c2ccccc2-c2c1c1c3ccccc3n(-c3nc(-c4ccc(-c5ccccc5)cc4)c4ccccc4n3)c1c1c3ccccc3n(-c3ccccc3)c21. The van der Waals surface area contributed by atoms with E-state index in [2.05, 4.69) is 205 Å². The largest absolute Gasteiger partial charge is 0.309 e. The summed E-state index contributed by atoms with van der Waals surface area (Å²) in [6.07, 6.45) is 0. The summed E-state index contributed by atoms with van der Waals surface area (Å²) in [5.41, 5.74) is 16.0. The second-order valence-corrected chi connectivity index (χ2v) is 15.7. The average molecular weight is 729 g/mol. The van der Waals surface area contributed by atoms with Gasteiger partial charge in [0.2, 0.25) is 5.95 Å². The number of hydrogen-bond donors (Lipinski definition) is 0. The minimum absolute atomic E-state index is 0.277. The molecule has 0 fully saturated rings. The molecule has 57 heavy (non-hydrogen) atoms. The van der Waals surface area contributed by atoms with Crippen molar-refractivity contribution in [3.05, 3.63) is 193 Å². The fourth-order valence-electron chi connectivity index (χ4n) is 9.85. The Kier molecular flexibility index (Phi) is 6.65. The molecule has 0 saturated carbocycles. The van der Waals surface area contributed by atoms with Crippen LogP contribution in [0.5, 0.6) is 0 Å². The van der Waals surface area contributed by atoms with E-state index < -0.39 is 0 Å². The van der Waals surface area contributed by atoms with E-state index in [4.69, 9.17) is 9.97 Å². The zero-order valence-corrected chi connectivity index (χ0v) is 31.6. The van der Waals surface area contributed by atoms with Gasteiger partial charge in [0, 0.05) is 49.2 Å². The van der Waals surface area contributed by atoms with E-state index >= 15 is 0 Å². The first kappa shape index (κ1) is 32.0. The number of benzene rings is 8. The van der Waals surface area contributed by atoms with Crippen LogP contribution in [0.2, 0.25) is 0 Å². The molecule has 8 aromatic carbocycles. The summed E-state index contributed by atoms with van der Waals surface area (Å²) in [6.45, 7) is 4.79. The van der Waals surface area contributed by atoms with E-state index in [0.717, 1.165) is 38.9 Å². The third kappa shape index (κ3) is 4.44. The molecule has 1 aliphatic carbocycles. The van der Waals surface area contributed by atoms with Gasteiger partial charge in [0.25, 0.3) is 0 Å². The minimum Gasteiger partial charge on any atom is -0.309 e. The van der Waals surface area contributed by atoms with Gasteiger partial charge in [-0.3, -0.25) is 4.57 Å². The molecule has 11 aromatic rings. The lowest BCUT2D eigenvalue weighted by atomic mass is 9.80. The van der Waals surface area contributed by atoms with Crippen LogP contribution >= 0.6 is 0 Å². The molecule has 0 unspecified atom stereocenters. The molecule has 0 amide bonds. The predicted molar refractivity (Wildman–Crippen MR) is 237 cm³/mol. The Morgan fingerprint density at radius 1 is 0.439 bits per heavy atom. The van der Waals surface area contributed by atoms with Gasteiger partial charge < -0.3 is 4.57 Å². The number of aromatic nitrogens is 4. The molecule has 0 aliphatic heterocycles. The van der Waals surface area contributed by atoms with Crippen molar-refractivity contribution in [2.75, 3.05) is 0 Å². The van der Waals surface area contributed by atoms with Crippen molar-refractivity contribution in [1.29, 1.82) is 0 Å². The van der Waals surface area contributed by atoms with Gasteiger partial charge in [-0.15, -0.1) is 0 Å². The predicted octanol–water partition coefficient (Wildman–Crippen LogP) is 13.5. The molecule has 0 saturated heterocycles. The summed E-state index contributed by atoms with van der Waals surface area (Å²) in [4.78, 5) is 11.0. The molecule has 4 heteroatoms. The Morgan fingerprint density at radius 3 is 1.75 bits per heavy atom. The maximum Gasteiger partial charge on any atom is 0.235 e. The monoisotopic (exact) mass is 728 g/mol. The van der Waals surface area contributed by atoms with E-state index in [1.54, 1.807) is 0 Å². The van der Waals surface area contributed by atoms with Crippen LogP contribution in [0, 0.1) is 0 Å². The van der Waals surface area contributed by atoms with Gasteiger partial charge in [0.05, 0.1) is 33.3 Å². The average Bonchev–Trinajstić information content (AvgIpc) is 3.87. The summed E-state index contributed by atoms with van der Waals surface area (Å²) in [5.74, 6) is 0.660. The number of nitrogens with zero attached hydrogens (tertiary/aromatic N) is 4. The highest BCUT2D eigenvalue weighted by molar-refractivity contribution is 6.31. The topological polar surface area (TPSA) is 35.6 Å². The number of fused-ring (bicyclic) bond motifs is 13. The molecule has 0 radical (unpaired) electrons. The molecule has 268 valence electrons. The summed E-state index contributed by atoms with van der Waals surface area (Å²) < 4.78 is 4.85. The van der Waals surface area contributed by atoms with Gasteiger partial charge in [0.15, 0.2) is 0 Å². The van der Waals surface area contributed by atoms with Gasteiger partial charge in [-0.1, -0.05) is 166 Å². The molecular weight excluding hydrogens is 693 g/mol. The fourth-order valence-corrected chi connectivity index (χ4v) is 9.85. The number of hydrogen-bond acceptors (Lipinski definition) is 2. The molecule has 1 aliphatic rings. The van der Waals surface area contributed by atoms with Crippen molar-refractivity contribution in [3.8, 4) is 45.1 Å². The third-order valence-electron chi connectivity index (χ3n) is 12.3. The molecule has 3 heterocycles. The van der Waals surface area contributed by atoms with E-state index in [-0.39, 0.29) is 5.41 Å². The molecule has 0 bridgehead atoms. The van der Waals surface area contributed by atoms with Gasteiger partial charge in [-0.2, -0.15) is 0 Å². The maximum atomic E-state index is 5.58. The summed E-state index contributed by atoms with van der Waals surface area (Å²) >= 11 is 0. The lowest BCUT2D eigenvalue weighted by Gasteiger charge is -2.23. The number of para-hydroxylation sites is 4. The van der Waals surface area contributed by atoms with Crippen LogP contribution in [0.1, 0.15) is 25.0 Å². The van der Waals surface area contributed by atoms with Crippen LogP contribution in [0.25, 0.3) is 99.7 Å². The van der Waals surface area contributed by atoms with Crippen LogP contribution in [0.3, 0.4) is 0 Å².